The van der Waals surface area contributed by atoms with E-state index >= 15 is 0 Å². The van der Waals surface area contributed by atoms with E-state index in [1.807, 2.05) is 0 Å². The highest BCUT2D eigenvalue weighted by Crippen LogP contribution is 2.34. The fraction of sp³-hybridized carbons (Fsp3) is 0.300. The lowest BCUT2D eigenvalue weighted by Crippen LogP contribution is -2.46. The predicted molar refractivity (Wildman–Crippen MR) is 111 cm³/mol. The van der Waals surface area contributed by atoms with Crippen molar-refractivity contribution in [3.8, 4) is 5.75 Å². The molecule has 2 aromatic rings. The molecule has 3 rings (SSSR count). The number of ether oxygens (including phenoxy) is 1. The second-order valence-electron chi connectivity index (χ2n) is 6.46. The molecule has 0 saturated carbocycles. The van der Waals surface area contributed by atoms with Gasteiger partial charge in [0.25, 0.3) is 11.8 Å². The zero-order valence-corrected chi connectivity index (χ0v) is 17.4. The average Bonchev–Trinajstić information content (AvgIpc) is 2.69. The molecule has 148 valence electrons. The SMILES string of the molecule is COc1c(Cl)ccc(Cl)c1C(=O)NC1CCN(C(=O)c2ccccc2Cl)CC1. The van der Waals surface area contributed by atoms with Crippen molar-refractivity contribution in [2.45, 2.75) is 18.9 Å². The van der Waals surface area contributed by atoms with E-state index in [2.05, 4.69) is 5.32 Å². The smallest absolute Gasteiger partial charge is 0.256 e. The number of amides is 2. The van der Waals surface area contributed by atoms with E-state index in [-0.39, 0.29) is 34.2 Å². The first-order chi connectivity index (χ1) is 13.4. The number of nitrogens with one attached hydrogen (secondary N) is 1. The van der Waals surface area contributed by atoms with Crippen LogP contribution in [0.2, 0.25) is 15.1 Å². The molecule has 0 atom stereocenters. The lowest BCUT2D eigenvalue weighted by Gasteiger charge is -2.32. The van der Waals surface area contributed by atoms with Gasteiger partial charge in [0.05, 0.1) is 27.7 Å². The molecule has 1 heterocycles. The van der Waals surface area contributed by atoms with Crippen LogP contribution in [0, 0.1) is 0 Å². The number of piperidine rings is 1. The van der Waals surface area contributed by atoms with Crippen LogP contribution in [0.3, 0.4) is 0 Å². The Bertz CT molecular complexity index is 896. The van der Waals surface area contributed by atoms with E-state index < -0.39 is 0 Å². The topological polar surface area (TPSA) is 58.6 Å². The number of benzene rings is 2. The summed E-state index contributed by atoms with van der Waals surface area (Å²) in [4.78, 5) is 27.1. The van der Waals surface area contributed by atoms with Gasteiger partial charge in [0.15, 0.2) is 5.75 Å². The van der Waals surface area contributed by atoms with E-state index in [4.69, 9.17) is 39.5 Å². The van der Waals surface area contributed by atoms with Crippen LogP contribution in [0.25, 0.3) is 0 Å². The third-order valence-corrected chi connectivity index (χ3v) is 5.65. The third-order valence-electron chi connectivity index (χ3n) is 4.71. The highest BCUT2D eigenvalue weighted by Gasteiger charge is 2.27. The first-order valence-corrected chi connectivity index (χ1v) is 9.92. The number of rotatable bonds is 4. The number of methoxy groups -OCH3 is 1. The summed E-state index contributed by atoms with van der Waals surface area (Å²) in [6, 6.07) is 10.0. The zero-order valence-electron chi connectivity index (χ0n) is 15.2. The minimum Gasteiger partial charge on any atom is -0.494 e. The number of carbonyl (C=O) groups is 2. The predicted octanol–water partition coefficient (Wildman–Crippen LogP) is 4.69. The molecule has 2 aromatic carbocycles. The molecule has 0 unspecified atom stereocenters. The Morgan fingerprint density at radius 2 is 1.64 bits per heavy atom. The van der Waals surface area contributed by atoms with Gasteiger partial charge in [-0.15, -0.1) is 0 Å². The van der Waals surface area contributed by atoms with Crippen molar-refractivity contribution in [1.29, 1.82) is 0 Å². The van der Waals surface area contributed by atoms with Crippen molar-refractivity contribution in [1.82, 2.24) is 10.2 Å². The molecule has 1 N–H and O–H groups in total. The van der Waals surface area contributed by atoms with Crippen LogP contribution in [0.1, 0.15) is 33.6 Å². The summed E-state index contributed by atoms with van der Waals surface area (Å²) in [5.74, 6) is -0.201. The monoisotopic (exact) mass is 440 g/mol. The average molecular weight is 442 g/mol. The van der Waals surface area contributed by atoms with Gasteiger partial charge in [-0.3, -0.25) is 9.59 Å². The third kappa shape index (κ3) is 4.37. The Labute approximate surface area is 178 Å². The van der Waals surface area contributed by atoms with Crippen molar-refractivity contribution < 1.29 is 14.3 Å². The second kappa shape index (κ2) is 9.03. The molecule has 0 radical (unpaired) electrons. The molecule has 2 amide bonds. The lowest BCUT2D eigenvalue weighted by molar-refractivity contribution is 0.0698. The first-order valence-electron chi connectivity index (χ1n) is 8.79. The molecule has 0 spiro atoms. The van der Waals surface area contributed by atoms with Gasteiger partial charge in [-0.2, -0.15) is 0 Å². The van der Waals surface area contributed by atoms with Crippen LogP contribution in [-0.2, 0) is 0 Å². The fourth-order valence-corrected chi connectivity index (χ4v) is 3.92. The van der Waals surface area contributed by atoms with Crippen molar-refractivity contribution in [2.24, 2.45) is 0 Å². The van der Waals surface area contributed by atoms with Crippen LogP contribution in [-0.4, -0.2) is 43.0 Å². The molecule has 0 bridgehead atoms. The van der Waals surface area contributed by atoms with Gasteiger partial charge in [-0.05, 0) is 37.1 Å². The summed E-state index contributed by atoms with van der Waals surface area (Å²) in [5.41, 5.74) is 0.702. The van der Waals surface area contributed by atoms with Crippen molar-refractivity contribution in [3.05, 3.63) is 62.6 Å². The summed E-state index contributed by atoms with van der Waals surface area (Å²) in [6.07, 6.45) is 1.25. The van der Waals surface area contributed by atoms with E-state index in [0.717, 1.165) is 0 Å². The normalized spacial score (nSPS) is 14.6. The highest BCUT2D eigenvalue weighted by atomic mass is 35.5. The van der Waals surface area contributed by atoms with Gasteiger partial charge >= 0.3 is 0 Å². The molecular formula is C20H19Cl3N2O3. The minimum atomic E-state index is -0.347. The van der Waals surface area contributed by atoms with Crippen LogP contribution in [0.15, 0.2) is 36.4 Å². The molecule has 5 nitrogen and oxygen atoms in total. The van der Waals surface area contributed by atoms with Gasteiger partial charge in [0.2, 0.25) is 0 Å². The maximum absolute atomic E-state index is 12.7. The summed E-state index contributed by atoms with van der Waals surface area (Å²) in [7, 11) is 1.44. The van der Waals surface area contributed by atoms with Crippen LogP contribution < -0.4 is 10.1 Å². The van der Waals surface area contributed by atoms with E-state index in [9.17, 15) is 9.59 Å². The number of hydrogen-bond acceptors (Lipinski definition) is 3. The number of hydrogen-bond donors (Lipinski definition) is 1. The zero-order chi connectivity index (χ0) is 20.3. The molecule has 1 aliphatic heterocycles. The largest absolute Gasteiger partial charge is 0.494 e. The van der Waals surface area contributed by atoms with Gasteiger partial charge in [0.1, 0.15) is 5.56 Å². The Kier molecular flexibility index (Phi) is 6.70. The maximum Gasteiger partial charge on any atom is 0.256 e. The summed E-state index contributed by atoms with van der Waals surface area (Å²) >= 11 is 18.4. The fourth-order valence-electron chi connectivity index (χ4n) is 3.23. The summed E-state index contributed by atoms with van der Waals surface area (Å²) in [6.45, 7) is 1.05. The standard InChI is InChI=1S/C20H19Cl3N2O3/c1-28-18-16(23)7-6-15(22)17(18)19(26)24-12-8-10-25(11-9-12)20(27)13-4-2-3-5-14(13)21/h2-7,12H,8-11H2,1H3,(H,24,26). The van der Waals surface area contributed by atoms with Gasteiger partial charge in [-0.1, -0.05) is 46.9 Å². The quantitative estimate of drug-likeness (QED) is 0.749. The van der Waals surface area contributed by atoms with E-state index in [1.165, 1.54) is 7.11 Å². The Hall–Kier alpha value is -1.95. The lowest BCUT2D eigenvalue weighted by atomic mass is 10.0. The molecule has 1 saturated heterocycles. The summed E-state index contributed by atoms with van der Waals surface area (Å²) in [5, 5.41) is 3.98. The van der Waals surface area contributed by atoms with Crippen molar-refractivity contribution in [3.63, 3.8) is 0 Å². The summed E-state index contributed by atoms with van der Waals surface area (Å²) < 4.78 is 5.23. The maximum atomic E-state index is 12.7. The van der Waals surface area contributed by atoms with Crippen LogP contribution in [0.4, 0.5) is 0 Å². The molecule has 0 aliphatic carbocycles. The van der Waals surface area contributed by atoms with Crippen LogP contribution >= 0.6 is 34.8 Å². The van der Waals surface area contributed by atoms with Crippen molar-refractivity contribution in [2.75, 3.05) is 20.2 Å². The molecule has 28 heavy (non-hydrogen) atoms. The van der Waals surface area contributed by atoms with Gasteiger partial charge in [-0.25, -0.2) is 0 Å². The van der Waals surface area contributed by atoms with Crippen molar-refractivity contribution >= 4 is 46.6 Å². The van der Waals surface area contributed by atoms with Crippen LogP contribution in [0.5, 0.6) is 5.75 Å². The number of nitrogens with zero attached hydrogens (tertiary/aromatic N) is 1. The molecule has 1 aliphatic rings. The molecule has 8 heteroatoms. The molecular weight excluding hydrogens is 423 g/mol. The number of likely N-dealkylation sites (tertiary alicyclic amines) is 1. The Morgan fingerprint density at radius 1 is 1.00 bits per heavy atom. The Morgan fingerprint density at radius 3 is 2.29 bits per heavy atom. The van der Waals surface area contributed by atoms with Gasteiger partial charge < -0.3 is 15.0 Å². The van der Waals surface area contributed by atoms with E-state index in [0.29, 0.717) is 41.5 Å². The highest BCUT2D eigenvalue weighted by molar-refractivity contribution is 6.37. The van der Waals surface area contributed by atoms with Gasteiger partial charge in [0, 0.05) is 19.1 Å². The molecule has 0 aromatic heterocycles. The molecule has 1 fully saturated rings. The van der Waals surface area contributed by atoms with E-state index in [1.54, 1.807) is 41.3 Å². The second-order valence-corrected chi connectivity index (χ2v) is 7.68. The first kappa shape index (κ1) is 20.8. The Balaban J connectivity index is 1.64. The minimum absolute atomic E-state index is 0.0810. The number of carbonyl (C=O) groups excluding carboxylic acids is 2. The number of halogens is 3.